The molecule has 0 bridgehead atoms. The van der Waals surface area contributed by atoms with E-state index in [0.717, 1.165) is 24.5 Å². The summed E-state index contributed by atoms with van der Waals surface area (Å²) in [6.07, 6.45) is 2.34. The quantitative estimate of drug-likeness (QED) is 0.824. The molecule has 0 aliphatic carbocycles. The molecule has 0 saturated carbocycles. The van der Waals surface area contributed by atoms with E-state index in [-0.39, 0.29) is 6.04 Å². The highest BCUT2D eigenvalue weighted by Gasteiger charge is 2.16. The van der Waals surface area contributed by atoms with Crippen LogP contribution in [0.15, 0.2) is 11.7 Å². The van der Waals surface area contributed by atoms with Crippen molar-refractivity contribution < 1.29 is 0 Å². The summed E-state index contributed by atoms with van der Waals surface area (Å²) in [6, 6.07) is 0.159. The Hall–Kier alpha value is -1.34. The molecule has 0 saturated heterocycles. The molecule has 2 aromatic rings. The minimum Gasteiger partial charge on any atom is -0.308 e. The van der Waals surface area contributed by atoms with Crippen LogP contribution in [0.3, 0.4) is 0 Å². The Morgan fingerprint density at radius 1 is 1.56 bits per heavy atom. The van der Waals surface area contributed by atoms with Crippen LogP contribution in [-0.4, -0.2) is 30.9 Å². The Bertz CT molecular complexity index is 423. The first-order valence-electron chi connectivity index (χ1n) is 5.14. The van der Waals surface area contributed by atoms with Gasteiger partial charge >= 0.3 is 0 Å². The molecule has 2 aromatic heterocycles. The Morgan fingerprint density at radius 2 is 2.44 bits per heavy atom. The van der Waals surface area contributed by atoms with Gasteiger partial charge in [-0.3, -0.25) is 4.68 Å². The molecule has 1 unspecified atom stereocenters. The molecule has 0 amide bonds. The van der Waals surface area contributed by atoms with Gasteiger partial charge < -0.3 is 5.32 Å². The van der Waals surface area contributed by atoms with Crippen LogP contribution in [0.5, 0.6) is 0 Å². The van der Waals surface area contributed by atoms with E-state index in [9.17, 15) is 0 Å². The van der Waals surface area contributed by atoms with Gasteiger partial charge in [-0.25, -0.2) is 4.98 Å². The predicted molar refractivity (Wildman–Crippen MR) is 61.0 cm³/mol. The molecule has 7 heteroatoms. The molecular formula is C9H14N6S. The van der Waals surface area contributed by atoms with E-state index in [2.05, 4.69) is 31.9 Å². The van der Waals surface area contributed by atoms with Crippen LogP contribution in [0.1, 0.15) is 24.5 Å². The van der Waals surface area contributed by atoms with E-state index in [1.165, 1.54) is 11.5 Å². The summed E-state index contributed by atoms with van der Waals surface area (Å²) in [7, 11) is 1.89. The van der Waals surface area contributed by atoms with Crippen LogP contribution >= 0.6 is 11.5 Å². The second kappa shape index (κ2) is 5.13. The summed E-state index contributed by atoms with van der Waals surface area (Å²) < 4.78 is 5.67. The number of aryl methyl sites for hydroxylation is 1. The molecule has 6 nitrogen and oxygen atoms in total. The van der Waals surface area contributed by atoms with Crippen LogP contribution in [-0.2, 0) is 13.5 Å². The first-order chi connectivity index (χ1) is 7.81. The topological polar surface area (TPSA) is 68.5 Å². The first kappa shape index (κ1) is 11.2. The summed E-state index contributed by atoms with van der Waals surface area (Å²) in [5.74, 6) is 0.943. The van der Waals surface area contributed by atoms with Crippen molar-refractivity contribution in [3.8, 4) is 0 Å². The fraction of sp³-hybridized carbons (Fsp3) is 0.556. The minimum absolute atomic E-state index is 0.159. The van der Waals surface area contributed by atoms with Gasteiger partial charge in [0, 0.05) is 18.8 Å². The van der Waals surface area contributed by atoms with E-state index in [0.29, 0.717) is 0 Å². The maximum absolute atomic E-state index is 4.21. The molecule has 0 aromatic carbocycles. The van der Waals surface area contributed by atoms with Crippen molar-refractivity contribution in [3.63, 3.8) is 0 Å². The molecule has 0 aliphatic heterocycles. The number of hydrogen-bond acceptors (Lipinski definition) is 6. The van der Waals surface area contributed by atoms with E-state index in [4.69, 9.17) is 0 Å². The summed E-state index contributed by atoms with van der Waals surface area (Å²) in [5, 5.41) is 13.5. The maximum atomic E-state index is 4.21. The molecule has 16 heavy (non-hydrogen) atoms. The highest BCUT2D eigenvalue weighted by molar-refractivity contribution is 7.03. The number of nitrogens with zero attached hydrogens (tertiary/aromatic N) is 5. The van der Waals surface area contributed by atoms with Gasteiger partial charge in [-0.2, -0.15) is 5.10 Å². The standard InChI is InChI=1S/C9H14N6S/c1-3-10-7(8-5-16-14-13-8)4-9-11-6-12-15(9)2/h5-7,10H,3-4H2,1-2H3. The average Bonchev–Trinajstić information content (AvgIpc) is 2.90. The number of rotatable bonds is 5. The lowest BCUT2D eigenvalue weighted by atomic mass is 10.1. The zero-order valence-electron chi connectivity index (χ0n) is 9.29. The van der Waals surface area contributed by atoms with Crippen molar-refractivity contribution in [3.05, 3.63) is 23.2 Å². The van der Waals surface area contributed by atoms with Crippen molar-refractivity contribution in [2.45, 2.75) is 19.4 Å². The summed E-state index contributed by atoms with van der Waals surface area (Å²) in [4.78, 5) is 4.21. The SMILES string of the molecule is CCNC(Cc1ncnn1C)c1csnn1. The van der Waals surface area contributed by atoms with Crippen molar-refractivity contribution in [2.24, 2.45) is 7.05 Å². The average molecular weight is 238 g/mol. The summed E-state index contributed by atoms with van der Waals surface area (Å²) in [6.45, 7) is 2.96. The number of nitrogens with one attached hydrogen (secondary N) is 1. The highest BCUT2D eigenvalue weighted by Crippen LogP contribution is 2.15. The van der Waals surface area contributed by atoms with Crippen LogP contribution < -0.4 is 5.32 Å². The fourth-order valence-corrected chi connectivity index (χ4v) is 2.05. The zero-order chi connectivity index (χ0) is 11.4. The van der Waals surface area contributed by atoms with Crippen molar-refractivity contribution in [1.82, 2.24) is 29.7 Å². The molecule has 1 N–H and O–H groups in total. The van der Waals surface area contributed by atoms with Gasteiger partial charge in [0.2, 0.25) is 0 Å². The fourth-order valence-electron chi connectivity index (χ4n) is 1.54. The molecule has 0 fully saturated rings. The van der Waals surface area contributed by atoms with Crippen LogP contribution in [0.2, 0.25) is 0 Å². The van der Waals surface area contributed by atoms with E-state index in [1.54, 1.807) is 11.0 Å². The largest absolute Gasteiger partial charge is 0.308 e. The summed E-state index contributed by atoms with van der Waals surface area (Å²) >= 11 is 1.37. The van der Waals surface area contributed by atoms with Gasteiger partial charge in [0.25, 0.3) is 0 Å². The number of hydrogen-bond donors (Lipinski definition) is 1. The zero-order valence-corrected chi connectivity index (χ0v) is 10.1. The Balaban J connectivity index is 2.12. The highest BCUT2D eigenvalue weighted by atomic mass is 32.1. The van der Waals surface area contributed by atoms with Gasteiger partial charge in [0.1, 0.15) is 12.2 Å². The molecule has 86 valence electrons. The lowest BCUT2D eigenvalue weighted by Gasteiger charge is -2.14. The molecule has 2 heterocycles. The van der Waals surface area contributed by atoms with Crippen LogP contribution in [0, 0.1) is 0 Å². The smallest absolute Gasteiger partial charge is 0.138 e. The Labute approximate surface area is 97.9 Å². The lowest BCUT2D eigenvalue weighted by molar-refractivity contribution is 0.510. The van der Waals surface area contributed by atoms with Crippen LogP contribution in [0.25, 0.3) is 0 Å². The summed E-state index contributed by atoms with van der Waals surface area (Å²) in [5.41, 5.74) is 0.967. The van der Waals surface area contributed by atoms with E-state index < -0.39 is 0 Å². The normalized spacial score (nSPS) is 12.9. The maximum Gasteiger partial charge on any atom is 0.138 e. The van der Waals surface area contributed by atoms with Crippen molar-refractivity contribution in [1.29, 1.82) is 0 Å². The molecular weight excluding hydrogens is 224 g/mol. The third kappa shape index (κ3) is 2.42. The second-order valence-electron chi connectivity index (χ2n) is 3.44. The molecule has 0 spiro atoms. The van der Waals surface area contributed by atoms with Gasteiger partial charge in [0.05, 0.1) is 11.7 Å². The molecule has 0 radical (unpaired) electrons. The molecule has 0 aliphatic rings. The minimum atomic E-state index is 0.159. The number of aromatic nitrogens is 5. The van der Waals surface area contributed by atoms with Gasteiger partial charge in [-0.05, 0) is 18.1 Å². The number of likely N-dealkylation sites (N-methyl/N-ethyl adjacent to an activating group) is 1. The third-order valence-corrected chi connectivity index (χ3v) is 2.90. The van der Waals surface area contributed by atoms with Crippen molar-refractivity contribution >= 4 is 11.5 Å². The Morgan fingerprint density at radius 3 is 3.00 bits per heavy atom. The van der Waals surface area contributed by atoms with Gasteiger partial charge in [0.15, 0.2) is 0 Å². The lowest BCUT2D eigenvalue weighted by Crippen LogP contribution is -2.24. The van der Waals surface area contributed by atoms with E-state index >= 15 is 0 Å². The molecule has 2 rings (SSSR count). The van der Waals surface area contributed by atoms with E-state index in [1.807, 2.05) is 12.4 Å². The van der Waals surface area contributed by atoms with Crippen molar-refractivity contribution in [2.75, 3.05) is 6.54 Å². The monoisotopic (exact) mass is 238 g/mol. The third-order valence-electron chi connectivity index (χ3n) is 2.38. The second-order valence-corrected chi connectivity index (χ2v) is 4.05. The van der Waals surface area contributed by atoms with Gasteiger partial charge in [-0.1, -0.05) is 11.4 Å². The molecule has 1 atom stereocenters. The first-order valence-corrected chi connectivity index (χ1v) is 5.98. The van der Waals surface area contributed by atoms with Crippen LogP contribution in [0.4, 0.5) is 0 Å². The Kier molecular flexibility index (Phi) is 3.58. The predicted octanol–water partition coefficient (Wildman–Crippen LogP) is 0.560. The van der Waals surface area contributed by atoms with Gasteiger partial charge in [-0.15, -0.1) is 5.10 Å².